The van der Waals surface area contributed by atoms with Gasteiger partial charge < -0.3 is 30.5 Å². The standard InChI is InChI=1S/C32H47N3O7/c1-22(36)19-34-28(39)32(6,21-31(4,5)29(40)42-17-16-41-7)20-30(2,3)27(38)33-15-14-26(37)35-25-13-12-23-10-8-9-11-24(23)18-25/h8-13,18,22,36H,14-17,19-21H2,1-7H3,(H,33,38)(H,34,39)(H,35,37). The van der Waals surface area contributed by atoms with E-state index in [1.54, 1.807) is 41.5 Å². The van der Waals surface area contributed by atoms with Crippen LogP contribution in [0.25, 0.3) is 10.8 Å². The number of fused-ring (bicyclic) bond motifs is 1. The maximum Gasteiger partial charge on any atom is 0.311 e. The number of carbonyl (C=O) groups excluding carboxylic acids is 4. The number of anilines is 1. The van der Waals surface area contributed by atoms with Gasteiger partial charge in [-0.25, -0.2) is 0 Å². The first-order chi connectivity index (χ1) is 19.6. The molecule has 0 radical (unpaired) electrons. The molecule has 2 rings (SSSR count). The van der Waals surface area contributed by atoms with Crippen LogP contribution in [0.4, 0.5) is 5.69 Å². The number of hydrogen-bond donors (Lipinski definition) is 4. The summed E-state index contributed by atoms with van der Waals surface area (Å²) in [6, 6.07) is 13.5. The van der Waals surface area contributed by atoms with Gasteiger partial charge in [-0.3, -0.25) is 19.2 Å². The van der Waals surface area contributed by atoms with Crippen LogP contribution in [0.2, 0.25) is 0 Å². The zero-order valence-electron chi connectivity index (χ0n) is 26.0. The number of carbonyl (C=O) groups is 4. The number of ether oxygens (including phenoxy) is 2. The van der Waals surface area contributed by atoms with Gasteiger partial charge >= 0.3 is 5.97 Å². The predicted octanol–water partition coefficient (Wildman–Crippen LogP) is 3.81. The summed E-state index contributed by atoms with van der Waals surface area (Å²) in [7, 11) is 1.51. The summed E-state index contributed by atoms with van der Waals surface area (Å²) in [5, 5.41) is 20.2. The van der Waals surface area contributed by atoms with Gasteiger partial charge in [0.1, 0.15) is 6.61 Å². The molecule has 0 spiro atoms. The van der Waals surface area contributed by atoms with Gasteiger partial charge in [-0.1, -0.05) is 51.1 Å². The number of aliphatic hydroxyl groups is 1. The molecule has 0 fully saturated rings. The number of hydrogen-bond acceptors (Lipinski definition) is 7. The average molecular weight is 586 g/mol. The molecule has 3 amide bonds. The van der Waals surface area contributed by atoms with Gasteiger partial charge in [0.2, 0.25) is 17.7 Å². The highest BCUT2D eigenvalue weighted by Crippen LogP contribution is 2.43. The summed E-state index contributed by atoms with van der Waals surface area (Å²) in [4.78, 5) is 52.1. The number of esters is 1. The Morgan fingerprint density at radius 1 is 0.857 bits per heavy atom. The maximum absolute atomic E-state index is 13.4. The molecular weight excluding hydrogens is 538 g/mol. The van der Waals surface area contributed by atoms with Gasteiger partial charge in [0, 0.05) is 43.1 Å². The summed E-state index contributed by atoms with van der Waals surface area (Å²) in [6.45, 7) is 10.6. The summed E-state index contributed by atoms with van der Waals surface area (Å²) in [5.74, 6) is -1.42. The highest BCUT2D eigenvalue weighted by atomic mass is 16.6. The Balaban J connectivity index is 2.05. The van der Waals surface area contributed by atoms with E-state index in [-0.39, 0.29) is 63.3 Å². The second-order valence-electron chi connectivity index (χ2n) is 12.5. The van der Waals surface area contributed by atoms with Gasteiger partial charge in [-0.05, 0) is 56.5 Å². The van der Waals surface area contributed by atoms with E-state index in [1.165, 1.54) is 7.11 Å². The van der Waals surface area contributed by atoms with Crippen LogP contribution in [0.15, 0.2) is 42.5 Å². The van der Waals surface area contributed by atoms with Crippen LogP contribution in [0.5, 0.6) is 0 Å². The zero-order valence-corrected chi connectivity index (χ0v) is 26.0. The van der Waals surface area contributed by atoms with E-state index >= 15 is 0 Å². The van der Waals surface area contributed by atoms with Crippen molar-refractivity contribution in [3.63, 3.8) is 0 Å². The lowest BCUT2D eigenvalue weighted by molar-refractivity contribution is -0.158. The second-order valence-corrected chi connectivity index (χ2v) is 12.5. The third-order valence-corrected chi connectivity index (χ3v) is 7.13. The topological polar surface area (TPSA) is 143 Å². The Hall–Kier alpha value is -3.50. The third kappa shape index (κ3) is 10.4. The number of nitrogens with one attached hydrogen (secondary N) is 3. The van der Waals surface area contributed by atoms with E-state index in [0.29, 0.717) is 5.69 Å². The molecule has 2 unspecified atom stereocenters. The van der Waals surface area contributed by atoms with Gasteiger partial charge in [0.05, 0.1) is 18.1 Å². The smallest absolute Gasteiger partial charge is 0.311 e. The van der Waals surface area contributed by atoms with E-state index in [2.05, 4.69) is 16.0 Å². The van der Waals surface area contributed by atoms with Crippen molar-refractivity contribution in [2.75, 3.05) is 38.7 Å². The molecule has 2 aromatic carbocycles. The number of aliphatic hydroxyl groups excluding tert-OH is 1. The van der Waals surface area contributed by atoms with E-state index in [9.17, 15) is 24.3 Å². The van der Waals surface area contributed by atoms with Crippen molar-refractivity contribution in [2.45, 2.75) is 66.9 Å². The molecule has 4 N–H and O–H groups in total. The van der Waals surface area contributed by atoms with Gasteiger partial charge in [-0.2, -0.15) is 0 Å². The Bertz CT molecular complexity index is 1240. The average Bonchev–Trinajstić information content (AvgIpc) is 2.90. The SMILES string of the molecule is COCCOC(=O)C(C)(C)CC(C)(CC(C)(C)C(=O)NCCC(=O)Nc1ccc2ccccc2c1)C(=O)NCC(C)O. The van der Waals surface area contributed by atoms with Gasteiger partial charge in [0.15, 0.2) is 0 Å². The first-order valence-electron chi connectivity index (χ1n) is 14.3. The highest BCUT2D eigenvalue weighted by Gasteiger charge is 2.47. The first kappa shape index (κ1) is 34.7. The Morgan fingerprint density at radius 3 is 2.14 bits per heavy atom. The van der Waals surface area contributed by atoms with Crippen LogP contribution in [0.3, 0.4) is 0 Å². The Morgan fingerprint density at radius 2 is 1.50 bits per heavy atom. The van der Waals surface area contributed by atoms with Crippen molar-refractivity contribution in [1.29, 1.82) is 0 Å². The van der Waals surface area contributed by atoms with E-state index < -0.39 is 28.3 Å². The Kier molecular flexibility index (Phi) is 12.5. The lowest BCUT2D eigenvalue weighted by Crippen LogP contribution is -2.50. The highest BCUT2D eigenvalue weighted by molar-refractivity contribution is 5.95. The molecule has 0 saturated carbocycles. The minimum atomic E-state index is -1.16. The van der Waals surface area contributed by atoms with Crippen molar-refractivity contribution in [3.05, 3.63) is 42.5 Å². The quantitative estimate of drug-likeness (QED) is 0.173. The third-order valence-electron chi connectivity index (χ3n) is 7.13. The van der Waals surface area contributed by atoms with Crippen LogP contribution in [0.1, 0.15) is 60.8 Å². The molecule has 0 aromatic heterocycles. The van der Waals surface area contributed by atoms with E-state index in [1.807, 2.05) is 42.5 Å². The van der Waals surface area contributed by atoms with Crippen molar-refractivity contribution in [2.24, 2.45) is 16.2 Å². The molecule has 0 heterocycles. The molecule has 232 valence electrons. The molecule has 0 aliphatic carbocycles. The molecule has 10 nitrogen and oxygen atoms in total. The lowest BCUT2D eigenvalue weighted by atomic mass is 9.65. The van der Waals surface area contributed by atoms with Crippen LogP contribution in [0, 0.1) is 16.2 Å². The van der Waals surface area contributed by atoms with Gasteiger partial charge in [0.25, 0.3) is 0 Å². The Labute approximate surface area is 248 Å². The zero-order chi connectivity index (χ0) is 31.6. The lowest BCUT2D eigenvalue weighted by Gasteiger charge is -2.39. The van der Waals surface area contributed by atoms with Crippen LogP contribution in [-0.4, -0.2) is 68.3 Å². The van der Waals surface area contributed by atoms with Crippen molar-refractivity contribution < 1.29 is 33.8 Å². The monoisotopic (exact) mass is 585 g/mol. The van der Waals surface area contributed by atoms with Crippen molar-refractivity contribution in [1.82, 2.24) is 10.6 Å². The maximum atomic E-state index is 13.4. The molecule has 42 heavy (non-hydrogen) atoms. The van der Waals surface area contributed by atoms with Gasteiger partial charge in [-0.15, -0.1) is 0 Å². The first-order valence-corrected chi connectivity index (χ1v) is 14.3. The fraction of sp³-hybridized carbons (Fsp3) is 0.562. The predicted molar refractivity (Wildman–Crippen MR) is 163 cm³/mol. The molecule has 0 aliphatic rings. The molecule has 10 heteroatoms. The van der Waals surface area contributed by atoms with Crippen molar-refractivity contribution >= 4 is 40.2 Å². The molecule has 2 atom stereocenters. The van der Waals surface area contributed by atoms with E-state index in [4.69, 9.17) is 9.47 Å². The number of rotatable bonds is 16. The fourth-order valence-corrected chi connectivity index (χ4v) is 5.21. The molecule has 2 aromatic rings. The fourth-order valence-electron chi connectivity index (χ4n) is 5.21. The molecular formula is C32H47N3O7. The summed E-state index contributed by atoms with van der Waals surface area (Å²) in [5.41, 5.74) is -2.56. The van der Waals surface area contributed by atoms with E-state index in [0.717, 1.165) is 10.8 Å². The van der Waals surface area contributed by atoms with Crippen LogP contribution in [-0.2, 0) is 28.7 Å². The van der Waals surface area contributed by atoms with Crippen LogP contribution < -0.4 is 16.0 Å². The summed E-state index contributed by atoms with van der Waals surface area (Å²) in [6.07, 6.45) is -0.485. The van der Waals surface area contributed by atoms with Crippen LogP contribution >= 0.6 is 0 Å². The summed E-state index contributed by atoms with van der Waals surface area (Å²) < 4.78 is 10.3. The number of benzene rings is 2. The minimum Gasteiger partial charge on any atom is -0.463 e. The molecule has 0 aliphatic heterocycles. The number of amides is 3. The molecule has 0 saturated heterocycles. The van der Waals surface area contributed by atoms with Crippen molar-refractivity contribution in [3.8, 4) is 0 Å². The molecule has 0 bridgehead atoms. The number of methoxy groups -OCH3 is 1. The summed E-state index contributed by atoms with van der Waals surface area (Å²) >= 11 is 0. The normalized spacial score (nSPS) is 14.0. The largest absolute Gasteiger partial charge is 0.463 e. The minimum absolute atomic E-state index is 0.0338. The second kappa shape index (κ2) is 15.1.